The van der Waals surface area contributed by atoms with Crippen molar-refractivity contribution in [3.05, 3.63) is 52.2 Å². The van der Waals surface area contributed by atoms with Crippen molar-refractivity contribution in [1.29, 1.82) is 0 Å². The summed E-state index contributed by atoms with van der Waals surface area (Å²) in [6.07, 6.45) is 0. The van der Waals surface area contributed by atoms with Gasteiger partial charge in [-0.05, 0) is 47.0 Å². The number of rotatable bonds is 5. The highest BCUT2D eigenvalue weighted by Crippen LogP contribution is 2.16. The van der Waals surface area contributed by atoms with Gasteiger partial charge in [0.1, 0.15) is 0 Å². The van der Waals surface area contributed by atoms with Gasteiger partial charge in [0.05, 0.1) is 4.90 Å². The molecule has 19 heavy (non-hydrogen) atoms. The Bertz CT molecular complexity index is 619. The van der Waals surface area contributed by atoms with Crippen LogP contribution in [0.5, 0.6) is 0 Å². The number of hydrogen-bond donors (Lipinski definition) is 2. The van der Waals surface area contributed by atoms with Crippen LogP contribution in [-0.2, 0) is 16.6 Å². The highest BCUT2D eigenvalue weighted by molar-refractivity contribution is 7.89. The Morgan fingerprint density at radius 2 is 1.95 bits per heavy atom. The van der Waals surface area contributed by atoms with Gasteiger partial charge >= 0.3 is 0 Å². The van der Waals surface area contributed by atoms with Crippen molar-refractivity contribution in [1.82, 2.24) is 5.32 Å². The van der Waals surface area contributed by atoms with Crippen LogP contribution in [0.4, 0.5) is 0 Å². The molecule has 1 unspecified atom stereocenters. The third kappa shape index (κ3) is 3.87. The van der Waals surface area contributed by atoms with Crippen molar-refractivity contribution in [2.75, 3.05) is 0 Å². The van der Waals surface area contributed by atoms with Crippen LogP contribution in [-0.4, -0.2) is 8.42 Å². The van der Waals surface area contributed by atoms with E-state index in [2.05, 4.69) is 29.1 Å². The van der Waals surface area contributed by atoms with Gasteiger partial charge < -0.3 is 5.32 Å². The summed E-state index contributed by atoms with van der Waals surface area (Å²) < 4.78 is 22.3. The lowest BCUT2D eigenvalue weighted by Crippen LogP contribution is -2.17. The smallest absolute Gasteiger partial charge is 0.238 e. The average Bonchev–Trinajstić information content (AvgIpc) is 2.89. The van der Waals surface area contributed by atoms with Crippen molar-refractivity contribution >= 4 is 21.4 Å². The number of nitrogens with two attached hydrogens (primary N) is 1. The van der Waals surface area contributed by atoms with Crippen LogP contribution < -0.4 is 10.5 Å². The fourth-order valence-electron chi connectivity index (χ4n) is 1.71. The van der Waals surface area contributed by atoms with Gasteiger partial charge in [0.25, 0.3) is 0 Å². The Balaban J connectivity index is 1.97. The quantitative estimate of drug-likeness (QED) is 0.889. The van der Waals surface area contributed by atoms with E-state index in [0.717, 1.165) is 5.56 Å². The summed E-state index contributed by atoms with van der Waals surface area (Å²) in [6.45, 7) is 2.78. The van der Waals surface area contributed by atoms with Crippen molar-refractivity contribution < 1.29 is 8.42 Å². The van der Waals surface area contributed by atoms with Gasteiger partial charge in [-0.2, -0.15) is 11.3 Å². The molecular formula is C13H16N2O2S2. The van der Waals surface area contributed by atoms with E-state index in [4.69, 9.17) is 5.14 Å². The monoisotopic (exact) mass is 296 g/mol. The minimum atomic E-state index is -3.61. The second-order valence-corrected chi connectivity index (χ2v) is 6.69. The molecule has 0 saturated heterocycles. The molecule has 0 fully saturated rings. The lowest BCUT2D eigenvalue weighted by molar-refractivity contribution is 0.575. The number of primary sulfonamides is 1. The van der Waals surface area contributed by atoms with E-state index in [-0.39, 0.29) is 10.9 Å². The first-order valence-electron chi connectivity index (χ1n) is 5.84. The standard InChI is InChI=1S/C13H16N2O2S2/c1-10(12-6-7-18-9-12)15-8-11-2-4-13(5-3-11)19(14,16)17/h2-7,9-10,15H,8H2,1H3,(H2,14,16,17). The van der Waals surface area contributed by atoms with Crippen molar-refractivity contribution in [3.8, 4) is 0 Å². The van der Waals surface area contributed by atoms with Gasteiger partial charge in [-0.3, -0.25) is 0 Å². The molecule has 1 aromatic heterocycles. The molecule has 1 aromatic carbocycles. The van der Waals surface area contributed by atoms with Crippen LogP contribution in [0.25, 0.3) is 0 Å². The molecule has 1 atom stereocenters. The molecule has 6 heteroatoms. The molecule has 102 valence electrons. The molecule has 0 aliphatic rings. The Hall–Kier alpha value is -1.21. The first kappa shape index (κ1) is 14.2. The highest BCUT2D eigenvalue weighted by atomic mass is 32.2. The van der Waals surface area contributed by atoms with E-state index in [0.29, 0.717) is 6.54 Å². The molecule has 4 nitrogen and oxygen atoms in total. The zero-order chi connectivity index (χ0) is 13.9. The average molecular weight is 296 g/mol. The van der Waals surface area contributed by atoms with Gasteiger partial charge in [-0.25, -0.2) is 13.6 Å². The molecule has 0 amide bonds. The predicted octanol–water partition coefficient (Wildman–Crippen LogP) is 2.25. The maximum atomic E-state index is 11.1. The van der Waals surface area contributed by atoms with Gasteiger partial charge in [-0.1, -0.05) is 12.1 Å². The molecule has 0 aliphatic carbocycles. The van der Waals surface area contributed by atoms with E-state index in [1.54, 1.807) is 23.5 Å². The van der Waals surface area contributed by atoms with Gasteiger partial charge in [0.2, 0.25) is 10.0 Å². The summed E-state index contributed by atoms with van der Waals surface area (Å²) in [5, 5.41) is 12.6. The molecule has 0 saturated carbocycles. The first-order chi connectivity index (χ1) is 8.97. The van der Waals surface area contributed by atoms with Gasteiger partial charge in [0, 0.05) is 12.6 Å². The fraction of sp³-hybridized carbons (Fsp3) is 0.231. The Morgan fingerprint density at radius 3 is 2.47 bits per heavy atom. The van der Waals surface area contributed by atoms with E-state index >= 15 is 0 Å². The molecule has 3 N–H and O–H groups in total. The molecule has 0 radical (unpaired) electrons. The van der Waals surface area contributed by atoms with Crippen molar-refractivity contribution in [2.45, 2.75) is 24.4 Å². The predicted molar refractivity (Wildman–Crippen MR) is 77.4 cm³/mol. The molecule has 0 bridgehead atoms. The zero-order valence-electron chi connectivity index (χ0n) is 10.5. The fourth-order valence-corrected chi connectivity index (χ4v) is 2.98. The van der Waals surface area contributed by atoms with Crippen LogP contribution in [0, 0.1) is 0 Å². The zero-order valence-corrected chi connectivity index (χ0v) is 12.2. The number of sulfonamides is 1. The first-order valence-corrected chi connectivity index (χ1v) is 8.33. The van der Waals surface area contributed by atoms with E-state index in [1.807, 2.05) is 0 Å². The molecule has 1 heterocycles. The maximum Gasteiger partial charge on any atom is 0.238 e. The SMILES string of the molecule is CC(NCc1ccc(S(N)(=O)=O)cc1)c1ccsc1. The van der Waals surface area contributed by atoms with Crippen molar-refractivity contribution in [2.24, 2.45) is 5.14 Å². The highest BCUT2D eigenvalue weighted by Gasteiger charge is 2.08. The summed E-state index contributed by atoms with van der Waals surface area (Å²) in [5.74, 6) is 0. The van der Waals surface area contributed by atoms with E-state index in [9.17, 15) is 8.42 Å². The van der Waals surface area contributed by atoms with Crippen LogP contribution in [0.2, 0.25) is 0 Å². The summed E-state index contributed by atoms with van der Waals surface area (Å²) in [6, 6.07) is 8.96. The number of nitrogens with one attached hydrogen (secondary N) is 1. The van der Waals surface area contributed by atoms with Crippen LogP contribution >= 0.6 is 11.3 Å². The lowest BCUT2D eigenvalue weighted by Gasteiger charge is -2.12. The molecule has 0 aliphatic heterocycles. The lowest BCUT2D eigenvalue weighted by atomic mass is 10.1. The summed E-state index contributed by atoms with van der Waals surface area (Å²) in [7, 11) is -3.61. The Labute approximate surface area is 117 Å². The number of hydrogen-bond acceptors (Lipinski definition) is 4. The minimum absolute atomic E-state index is 0.141. The van der Waals surface area contributed by atoms with E-state index < -0.39 is 10.0 Å². The second-order valence-electron chi connectivity index (χ2n) is 4.35. The largest absolute Gasteiger partial charge is 0.306 e. The third-order valence-electron chi connectivity index (χ3n) is 2.91. The summed E-state index contributed by atoms with van der Waals surface area (Å²) in [5.41, 5.74) is 2.28. The maximum absolute atomic E-state index is 11.1. The normalized spacial score (nSPS) is 13.4. The van der Waals surface area contributed by atoms with Crippen LogP contribution in [0.1, 0.15) is 24.1 Å². The molecule has 2 rings (SSSR count). The van der Waals surface area contributed by atoms with E-state index in [1.165, 1.54) is 17.7 Å². The molecular weight excluding hydrogens is 280 g/mol. The summed E-state index contributed by atoms with van der Waals surface area (Å²) in [4.78, 5) is 0.141. The number of benzene rings is 1. The Morgan fingerprint density at radius 1 is 1.26 bits per heavy atom. The third-order valence-corrected chi connectivity index (χ3v) is 4.54. The van der Waals surface area contributed by atoms with Crippen molar-refractivity contribution in [3.63, 3.8) is 0 Å². The second kappa shape index (κ2) is 5.83. The topological polar surface area (TPSA) is 72.2 Å². The number of thiophene rings is 1. The van der Waals surface area contributed by atoms with Crippen LogP contribution in [0.15, 0.2) is 46.0 Å². The molecule has 0 spiro atoms. The van der Waals surface area contributed by atoms with Gasteiger partial charge in [0.15, 0.2) is 0 Å². The Kier molecular flexibility index (Phi) is 4.36. The van der Waals surface area contributed by atoms with Gasteiger partial charge in [-0.15, -0.1) is 0 Å². The van der Waals surface area contributed by atoms with Crippen LogP contribution in [0.3, 0.4) is 0 Å². The minimum Gasteiger partial charge on any atom is -0.306 e. The molecule has 2 aromatic rings. The summed E-state index contributed by atoms with van der Waals surface area (Å²) >= 11 is 1.67.